The van der Waals surface area contributed by atoms with Gasteiger partial charge in [0, 0.05) is 12.0 Å². The second-order valence-corrected chi connectivity index (χ2v) is 7.02. The van der Waals surface area contributed by atoms with Crippen LogP contribution in [-0.2, 0) is 0 Å². The van der Waals surface area contributed by atoms with Crippen molar-refractivity contribution < 1.29 is 18.3 Å². The Kier molecular flexibility index (Phi) is 5.44. The minimum atomic E-state index is -0.992. The molecule has 29 heavy (non-hydrogen) atoms. The van der Waals surface area contributed by atoms with Gasteiger partial charge in [-0.1, -0.05) is 23.7 Å². The lowest BCUT2D eigenvalue weighted by atomic mass is 10.3. The summed E-state index contributed by atoms with van der Waals surface area (Å²) in [5, 5.41) is 7.52. The summed E-state index contributed by atoms with van der Waals surface area (Å²) >= 11 is 6.27. The van der Waals surface area contributed by atoms with Crippen LogP contribution in [0.1, 0.15) is 35.2 Å². The molecule has 1 aromatic heterocycles. The summed E-state index contributed by atoms with van der Waals surface area (Å²) in [7, 11) is 0. The topological polar surface area (TPSA) is 69.0 Å². The molecule has 1 heterocycles. The zero-order valence-corrected chi connectivity index (χ0v) is 16.0. The Morgan fingerprint density at radius 1 is 1.21 bits per heavy atom. The van der Waals surface area contributed by atoms with Crippen molar-refractivity contribution in [2.24, 2.45) is 0 Å². The Morgan fingerprint density at radius 3 is 2.72 bits per heavy atom. The fraction of sp³-hybridized carbons (Fsp3) is 0.250. The van der Waals surface area contributed by atoms with E-state index in [9.17, 15) is 13.6 Å². The lowest BCUT2D eigenvalue weighted by molar-refractivity contribution is 0.0936. The van der Waals surface area contributed by atoms with Gasteiger partial charge < -0.3 is 10.1 Å². The van der Waals surface area contributed by atoms with Crippen LogP contribution in [-0.4, -0.2) is 33.8 Å². The van der Waals surface area contributed by atoms with Crippen molar-refractivity contribution in [3.8, 4) is 11.4 Å². The van der Waals surface area contributed by atoms with Crippen LogP contribution in [0.3, 0.4) is 0 Å². The maximum atomic E-state index is 13.2. The molecule has 0 atom stereocenters. The third-order valence-electron chi connectivity index (χ3n) is 4.41. The predicted molar refractivity (Wildman–Crippen MR) is 103 cm³/mol. The minimum absolute atomic E-state index is 0.0413. The molecule has 0 aliphatic heterocycles. The number of carbonyl (C=O) groups excluding carboxylic acids is 1. The largest absolute Gasteiger partial charge is 0.492 e. The van der Waals surface area contributed by atoms with E-state index in [-0.39, 0.29) is 30.6 Å². The van der Waals surface area contributed by atoms with Gasteiger partial charge in [0.15, 0.2) is 11.6 Å². The number of benzene rings is 2. The molecule has 1 aliphatic rings. The maximum absolute atomic E-state index is 13.2. The molecular formula is C20H17ClF2N4O2. The number of hydrogen-bond acceptors (Lipinski definition) is 4. The van der Waals surface area contributed by atoms with E-state index in [1.807, 2.05) is 18.2 Å². The molecule has 3 aromatic rings. The monoisotopic (exact) mass is 418 g/mol. The molecule has 0 unspecified atom stereocenters. The molecule has 0 bridgehead atoms. The van der Waals surface area contributed by atoms with Crippen LogP contribution in [0.25, 0.3) is 5.69 Å². The van der Waals surface area contributed by atoms with Crippen molar-refractivity contribution in [3.05, 3.63) is 70.8 Å². The molecule has 0 spiro atoms. The summed E-state index contributed by atoms with van der Waals surface area (Å²) in [6.07, 6.45) is 1.98. The summed E-state index contributed by atoms with van der Waals surface area (Å²) in [4.78, 5) is 16.8. The Bertz CT molecular complexity index is 1050. The minimum Gasteiger partial charge on any atom is -0.492 e. The summed E-state index contributed by atoms with van der Waals surface area (Å²) in [5.74, 6) is -1.20. The third kappa shape index (κ3) is 4.37. The number of rotatable bonds is 7. The van der Waals surface area contributed by atoms with Gasteiger partial charge in [-0.25, -0.2) is 18.4 Å². The fourth-order valence-electron chi connectivity index (χ4n) is 2.81. The molecule has 150 valence electrons. The van der Waals surface area contributed by atoms with Crippen LogP contribution < -0.4 is 10.1 Å². The molecule has 1 amide bonds. The van der Waals surface area contributed by atoms with E-state index in [2.05, 4.69) is 15.4 Å². The van der Waals surface area contributed by atoms with Crippen LogP contribution in [0.15, 0.2) is 42.5 Å². The Labute approximate surface area is 170 Å². The second kappa shape index (κ2) is 8.16. The van der Waals surface area contributed by atoms with E-state index in [0.29, 0.717) is 16.5 Å². The molecule has 1 aliphatic carbocycles. The molecule has 2 aromatic carbocycles. The Balaban J connectivity index is 1.40. The van der Waals surface area contributed by atoms with Crippen LogP contribution in [0.5, 0.6) is 5.75 Å². The number of nitrogens with zero attached hydrogens (tertiary/aromatic N) is 3. The molecule has 6 nitrogen and oxygen atoms in total. The van der Waals surface area contributed by atoms with E-state index >= 15 is 0 Å². The van der Waals surface area contributed by atoms with E-state index in [4.69, 9.17) is 16.3 Å². The van der Waals surface area contributed by atoms with Crippen molar-refractivity contribution >= 4 is 17.5 Å². The lowest BCUT2D eigenvalue weighted by Gasteiger charge is -2.07. The average molecular weight is 419 g/mol. The summed E-state index contributed by atoms with van der Waals surface area (Å²) < 4.78 is 33.0. The molecule has 1 fully saturated rings. The van der Waals surface area contributed by atoms with Crippen molar-refractivity contribution in [2.75, 3.05) is 13.2 Å². The molecule has 4 rings (SSSR count). The Morgan fingerprint density at radius 2 is 2.00 bits per heavy atom. The number of nitrogens with one attached hydrogen (secondary N) is 1. The summed E-state index contributed by atoms with van der Waals surface area (Å²) in [6.45, 7) is 0.231. The number of hydrogen-bond donors (Lipinski definition) is 1. The number of para-hydroxylation sites is 1. The lowest BCUT2D eigenvalue weighted by Crippen LogP contribution is -2.29. The van der Waals surface area contributed by atoms with Gasteiger partial charge in [-0.15, -0.1) is 5.10 Å². The highest BCUT2D eigenvalue weighted by molar-refractivity contribution is 6.32. The van der Waals surface area contributed by atoms with E-state index < -0.39 is 17.5 Å². The van der Waals surface area contributed by atoms with Crippen molar-refractivity contribution in [1.29, 1.82) is 0 Å². The van der Waals surface area contributed by atoms with Gasteiger partial charge in [0.1, 0.15) is 18.2 Å². The normalized spacial score (nSPS) is 13.3. The summed E-state index contributed by atoms with van der Waals surface area (Å²) in [6, 6.07) is 10.5. The third-order valence-corrected chi connectivity index (χ3v) is 4.73. The number of aromatic nitrogens is 3. The number of carbonyl (C=O) groups is 1. The van der Waals surface area contributed by atoms with Crippen LogP contribution in [0.2, 0.25) is 5.02 Å². The zero-order chi connectivity index (χ0) is 20.4. The first kappa shape index (κ1) is 19.3. The standard InChI is InChI=1S/C20H17ClF2N4O2/c21-14-3-1-2-4-17(14)27-19(12-5-6-12)25-18(26-27)20(28)24-9-10-29-13-7-8-15(22)16(23)11-13/h1-4,7-8,11-12H,5-6,9-10H2,(H,24,28). The highest BCUT2D eigenvalue weighted by Crippen LogP contribution is 2.40. The van der Waals surface area contributed by atoms with Crippen LogP contribution >= 0.6 is 11.6 Å². The van der Waals surface area contributed by atoms with Crippen LogP contribution in [0.4, 0.5) is 8.78 Å². The highest BCUT2D eigenvalue weighted by atomic mass is 35.5. The number of amides is 1. The second-order valence-electron chi connectivity index (χ2n) is 6.61. The van der Waals surface area contributed by atoms with Gasteiger partial charge in [0.25, 0.3) is 5.91 Å². The maximum Gasteiger partial charge on any atom is 0.291 e. The summed E-state index contributed by atoms with van der Waals surface area (Å²) in [5.41, 5.74) is 0.671. The average Bonchev–Trinajstić information content (AvgIpc) is 3.46. The van der Waals surface area contributed by atoms with Crippen molar-refractivity contribution in [2.45, 2.75) is 18.8 Å². The fourth-order valence-corrected chi connectivity index (χ4v) is 3.02. The number of halogens is 3. The van der Waals surface area contributed by atoms with E-state index in [1.54, 1.807) is 10.7 Å². The van der Waals surface area contributed by atoms with Crippen molar-refractivity contribution in [1.82, 2.24) is 20.1 Å². The molecular weight excluding hydrogens is 402 g/mol. The van der Waals surface area contributed by atoms with Gasteiger partial charge in [-0.05, 0) is 37.1 Å². The number of ether oxygens (including phenoxy) is 1. The first-order valence-corrected chi connectivity index (χ1v) is 9.48. The van der Waals surface area contributed by atoms with Crippen molar-refractivity contribution in [3.63, 3.8) is 0 Å². The van der Waals surface area contributed by atoms with Gasteiger partial charge in [-0.3, -0.25) is 4.79 Å². The van der Waals surface area contributed by atoms with E-state index in [1.165, 1.54) is 6.07 Å². The zero-order valence-electron chi connectivity index (χ0n) is 15.2. The van der Waals surface area contributed by atoms with Gasteiger partial charge >= 0.3 is 0 Å². The molecule has 1 saturated carbocycles. The highest BCUT2D eigenvalue weighted by Gasteiger charge is 2.32. The molecule has 0 saturated heterocycles. The first-order chi connectivity index (χ1) is 14.0. The van der Waals surface area contributed by atoms with Gasteiger partial charge in [0.2, 0.25) is 5.82 Å². The van der Waals surface area contributed by atoms with Gasteiger partial charge in [-0.2, -0.15) is 0 Å². The molecule has 9 heteroatoms. The predicted octanol–water partition coefficient (Wildman–Crippen LogP) is 3.89. The Hall–Kier alpha value is -3.00. The SMILES string of the molecule is O=C(NCCOc1ccc(F)c(F)c1)c1nc(C2CC2)n(-c2ccccc2Cl)n1. The smallest absolute Gasteiger partial charge is 0.291 e. The molecule has 0 radical (unpaired) electrons. The quantitative estimate of drug-likeness (QED) is 0.591. The first-order valence-electron chi connectivity index (χ1n) is 9.11. The van der Waals surface area contributed by atoms with E-state index in [0.717, 1.165) is 25.0 Å². The van der Waals surface area contributed by atoms with Gasteiger partial charge in [0.05, 0.1) is 17.3 Å². The van der Waals surface area contributed by atoms with Crippen LogP contribution in [0, 0.1) is 11.6 Å². The molecule has 1 N–H and O–H groups in total.